The Balaban J connectivity index is 2.15. The summed E-state index contributed by atoms with van der Waals surface area (Å²) < 4.78 is 5.35. The predicted molar refractivity (Wildman–Crippen MR) is 76.6 cm³/mol. The Kier molecular flexibility index (Phi) is 5.23. The summed E-state index contributed by atoms with van der Waals surface area (Å²) in [5.41, 5.74) is 2.20. The molecule has 1 unspecified atom stereocenters. The maximum Gasteiger partial charge on any atom is 0.314 e. The number of hydrogen-bond acceptors (Lipinski definition) is 3. The number of halogens is 1. The average molecular weight is 282 g/mol. The second kappa shape index (κ2) is 6.92. The average Bonchev–Trinajstić information content (AvgIpc) is 2.60. The summed E-state index contributed by atoms with van der Waals surface area (Å²) >= 11 is 6.02. The summed E-state index contributed by atoms with van der Waals surface area (Å²) in [7, 11) is 0. The van der Waals surface area contributed by atoms with Crippen molar-refractivity contribution in [3.05, 3.63) is 34.3 Å². The van der Waals surface area contributed by atoms with Gasteiger partial charge in [0.25, 0.3) is 0 Å². The molecule has 0 radical (unpaired) electrons. The van der Waals surface area contributed by atoms with Gasteiger partial charge in [-0.1, -0.05) is 31.0 Å². The number of carbonyl (C=O) groups excluding carboxylic acids is 1. The van der Waals surface area contributed by atoms with E-state index in [1.807, 2.05) is 18.2 Å². The first kappa shape index (κ1) is 14.4. The second-order valence-corrected chi connectivity index (χ2v) is 5.31. The molecule has 1 heterocycles. The van der Waals surface area contributed by atoms with E-state index in [-0.39, 0.29) is 11.9 Å². The largest absolute Gasteiger partial charge is 0.465 e. The first-order valence-electron chi connectivity index (χ1n) is 6.88. The van der Waals surface area contributed by atoms with Crippen LogP contribution in [0.1, 0.15) is 36.8 Å². The maximum absolute atomic E-state index is 12.2. The molecule has 1 aliphatic heterocycles. The molecule has 0 aliphatic carbocycles. The SMILES string of the molecule is CCCCOC(=O)C1CNCCc2cc(Cl)ccc21. The molecule has 0 amide bonds. The van der Waals surface area contributed by atoms with E-state index < -0.39 is 0 Å². The number of fused-ring (bicyclic) bond motifs is 1. The number of nitrogens with one attached hydrogen (secondary N) is 1. The molecule has 0 aromatic heterocycles. The molecular weight excluding hydrogens is 262 g/mol. The number of unbranched alkanes of at least 4 members (excludes halogenated alkanes) is 1. The van der Waals surface area contributed by atoms with Gasteiger partial charge in [-0.15, -0.1) is 0 Å². The van der Waals surface area contributed by atoms with Gasteiger partial charge in [0.1, 0.15) is 0 Å². The highest BCUT2D eigenvalue weighted by Gasteiger charge is 2.26. The van der Waals surface area contributed by atoms with Crippen LogP contribution in [0.25, 0.3) is 0 Å². The Morgan fingerprint density at radius 3 is 3.16 bits per heavy atom. The molecule has 1 aromatic carbocycles. The smallest absolute Gasteiger partial charge is 0.314 e. The highest BCUT2D eigenvalue weighted by Crippen LogP contribution is 2.26. The van der Waals surface area contributed by atoms with E-state index in [9.17, 15) is 4.79 Å². The molecule has 0 spiro atoms. The first-order chi connectivity index (χ1) is 9.22. The zero-order valence-electron chi connectivity index (χ0n) is 11.2. The minimum absolute atomic E-state index is 0.133. The van der Waals surface area contributed by atoms with Crippen molar-refractivity contribution < 1.29 is 9.53 Å². The number of rotatable bonds is 4. The molecule has 3 nitrogen and oxygen atoms in total. The molecule has 0 fully saturated rings. The molecule has 19 heavy (non-hydrogen) atoms. The quantitative estimate of drug-likeness (QED) is 0.681. The van der Waals surface area contributed by atoms with Crippen molar-refractivity contribution in [1.82, 2.24) is 5.32 Å². The highest BCUT2D eigenvalue weighted by atomic mass is 35.5. The lowest BCUT2D eigenvalue weighted by Gasteiger charge is -2.16. The summed E-state index contributed by atoms with van der Waals surface area (Å²) in [5, 5.41) is 4.01. The zero-order chi connectivity index (χ0) is 13.7. The molecule has 1 atom stereocenters. The summed E-state index contributed by atoms with van der Waals surface area (Å²) in [6.45, 7) is 4.10. The van der Waals surface area contributed by atoms with Gasteiger partial charge in [-0.3, -0.25) is 4.79 Å². The Hall–Kier alpha value is -1.06. The molecule has 0 saturated carbocycles. The number of ether oxygens (including phenoxy) is 1. The highest BCUT2D eigenvalue weighted by molar-refractivity contribution is 6.30. The third-order valence-corrected chi connectivity index (χ3v) is 3.66. The Labute approximate surface area is 119 Å². The summed E-state index contributed by atoms with van der Waals surface area (Å²) in [4.78, 5) is 12.2. The van der Waals surface area contributed by atoms with Crippen molar-refractivity contribution in [3.63, 3.8) is 0 Å². The van der Waals surface area contributed by atoms with E-state index in [2.05, 4.69) is 12.2 Å². The van der Waals surface area contributed by atoms with Crippen LogP contribution in [0.3, 0.4) is 0 Å². The molecular formula is C15H20ClNO2. The van der Waals surface area contributed by atoms with Crippen LogP contribution in [0.2, 0.25) is 5.02 Å². The van der Waals surface area contributed by atoms with E-state index in [1.165, 1.54) is 0 Å². The van der Waals surface area contributed by atoms with Crippen LogP contribution in [0.15, 0.2) is 18.2 Å². The molecule has 104 valence electrons. The molecule has 0 bridgehead atoms. The van der Waals surface area contributed by atoms with Gasteiger partial charge in [0.2, 0.25) is 0 Å². The van der Waals surface area contributed by atoms with Crippen LogP contribution in [0.5, 0.6) is 0 Å². The standard InChI is InChI=1S/C15H20ClNO2/c1-2-3-8-19-15(18)14-10-17-7-6-11-9-12(16)4-5-13(11)14/h4-5,9,14,17H,2-3,6-8,10H2,1H3. The van der Waals surface area contributed by atoms with Crippen LogP contribution in [-0.4, -0.2) is 25.7 Å². The minimum atomic E-state index is -0.216. The van der Waals surface area contributed by atoms with Gasteiger partial charge in [0.05, 0.1) is 12.5 Å². The number of benzene rings is 1. The van der Waals surface area contributed by atoms with Gasteiger partial charge in [0, 0.05) is 11.6 Å². The van der Waals surface area contributed by atoms with Crippen molar-refractivity contribution in [2.45, 2.75) is 32.1 Å². The van der Waals surface area contributed by atoms with E-state index in [4.69, 9.17) is 16.3 Å². The molecule has 1 N–H and O–H groups in total. The zero-order valence-corrected chi connectivity index (χ0v) is 12.0. The number of carbonyl (C=O) groups is 1. The van der Waals surface area contributed by atoms with Crippen molar-refractivity contribution >= 4 is 17.6 Å². The van der Waals surface area contributed by atoms with Crippen LogP contribution < -0.4 is 5.32 Å². The van der Waals surface area contributed by atoms with Crippen molar-refractivity contribution in [3.8, 4) is 0 Å². The summed E-state index contributed by atoms with van der Waals surface area (Å²) in [6.07, 6.45) is 2.84. The van der Waals surface area contributed by atoms with E-state index in [1.54, 1.807) is 0 Å². The molecule has 2 rings (SSSR count). The van der Waals surface area contributed by atoms with Crippen LogP contribution in [0.4, 0.5) is 0 Å². The Morgan fingerprint density at radius 1 is 1.53 bits per heavy atom. The Morgan fingerprint density at radius 2 is 2.37 bits per heavy atom. The third kappa shape index (κ3) is 3.71. The maximum atomic E-state index is 12.2. The topological polar surface area (TPSA) is 38.3 Å². The summed E-state index contributed by atoms with van der Waals surface area (Å²) in [5.74, 6) is -0.349. The minimum Gasteiger partial charge on any atom is -0.465 e. The fourth-order valence-corrected chi connectivity index (χ4v) is 2.53. The van der Waals surface area contributed by atoms with Crippen molar-refractivity contribution in [2.24, 2.45) is 0 Å². The fourth-order valence-electron chi connectivity index (χ4n) is 2.34. The lowest BCUT2D eigenvalue weighted by molar-refractivity contribution is -0.145. The third-order valence-electron chi connectivity index (χ3n) is 3.43. The van der Waals surface area contributed by atoms with Crippen LogP contribution >= 0.6 is 11.6 Å². The lowest BCUT2D eigenvalue weighted by Crippen LogP contribution is -2.27. The molecule has 4 heteroatoms. The van der Waals surface area contributed by atoms with Gasteiger partial charge in [-0.05, 0) is 42.6 Å². The van der Waals surface area contributed by atoms with Crippen molar-refractivity contribution in [1.29, 1.82) is 0 Å². The predicted octanol–water partition coefficient (Wildman–Crippen LogP) is 2.91. The molecule has 1 aliphatic rings. The van der Waals surface area contributed by atoms with Crippen molar-refractivity contribution in [2.75, 3.05) is 19.7 Å². The fraction of sp³-hybridized carbons (Fsp3) is 0.533. The van der Waals surface area contributed by atoms with Gasteiger partial charge in [-0.25, -0.2) is 0 Å². The Bertz CT molecular complexity index is 448. The number of hydrogen-bond donors (Lipinski definition) is 1. The van der Waals surface area contributed by atoms with Crippen LogP contribution in [0, 0.1) is 0 Å². The van der Waals surface area contributed by atoms with Gasteiger partial charge in [-0.2, -0.15) is 0 Å². The van der Waals surface area contributed by atoms with E-state index in [0.717, 1.165) is 42.0 Å². The van der Waals surface area contributed by atoms with Gasteiger partial charge in [0.15, 0.2) is 0 Å². The van der Waals surface area contributed by atoms with Gasteiger partial charge >= 0.3 is 5.97 Å². The lowest BCUT2D eigenvalue weighted by atomic mass is 9.94. The van der Waals surface area contributed by atoms with Crippen LogP contribution in [-0.2, 0) is 16.0 Å². The summed E-state index contributed by atoms with van der Waals surface area (Å²) in [6, 6.07) is 5.75. The van der Waals surface area contributed by atoms with Gasteiger partial charge < -0.3 is 10.1 Å². The molecule has 0 saturated heterocycles. The molecule has 1 aromatic rings. The van der Waals surface area contributed by atoms with E-state index >= 15 is 0 Å². The normalized spacial score (nSPS) is 18.5. The van der Waals surface area contributed by atoms with E-state index in [0.29, 0.717) is 13.2 Å². The second-order valence-electron chi connectivity index (χ2n) is 4.87. The number of esters is 1. The monoisotopic (exact) mass is 281 g/mol. The first-order valence-corrected chi connectivity index (χ1v) is 7.26.